The second-order valence-electron chi connectivity index (χ2n) is 32.4. The number of hydrogen-bond donors (Lipinski definition) is 1. The monoisotopic (exact) mass is 1820 g/mol. The van der Waals surface area contributed by atoms with Gasteiger partial charge < -0.3 is 10.2 Å². The highest BCUT2D eigenvalue weighted by Crippen LogP contribution is 2.66. The first-order valence-corrected chi connectivity index (χ1v) is 47.2. The molecule has 2 heterocycles. The zero-order chi connectivity index (χ0) is 83.3. The van der Waals surface area contributed by atoms with Crippen LogP contribution in [0.4, 0.5) is 28.4 Å². The molecule has 0 radical (unpaired) electrons. The van der Waals surface area contributed by atoms with Crippen molar-refractivity contribution in [3.05, 3.63) is 498 Å². The lowest BCUT2D eigenvalue weighted by Crippen LogP contribution is -2.26. The summed E-state index contributed by atoms with van der Waals surface area (Å²) in [5.74, 6) is 0. The Labute approximate surface area is 765 Å². The third-order valence-corrected chi connectivity index (χ3v) is 29.1. The molecular formula is C120H82BrIN2S2. The molecule has 0 saturated carbocycles. The highest BCUT2D eigenvalue weighted by Gasteiger charge is 2.53. The van der Waals surface area contributed by atoms with Gasteiger partial charge in [0.15, 0.2) is 0 Å². The summed E-state index contributed by atoms with van der Waals surface area (Å²) in [6.07, 6.45) is 0. The smallest absolute Gasteiger partial charge is 0.0726 e. The van der Waals surface area contributed by atoms with Crippen molar-refractivity contribution in [1.82, 2.24) is 0 Å². The maximum atomic E-state index is 3.61. The van der Waals surface area contributed by atoms with Gasteiger partial charge in [0.2, 0.25) is 0 Å². The van der Waals surface area contributed by atoms with E-state index in [0.29, 0.717) is 0 Å². The van der Waals surface area contributed by atoms with E-state index in [9.17, 15) is 0 Å². The molecule has 2 nitrogen and oxygen atoms in total. The second kappa shape index (κ2) is 32.4. The van der Waals surface area contributed by atoms with Gasteiger partial charge in [-0.3, -0.25) is 0 Å². The van der Waals surface area contributed by atoms with Crippen molar-refractivity contribution >= 4 is 153 Å². The number of fused-ring (bicyclic) bond motifs is 32. The van der Waals surface area contributed by atoms with Crippen LogP contribution in [0.25, 0.3) is 151 Å². The molecule has 0 bridgehead atoms. The highest BCUT2D eigenvalue weighted by molar-refractivity contribution is 14.1. The molecule has 0 aliphatic heterocycles. The maximum absolute atomic E-state index is 3.61. The largest absolute Gasteiger partial charge is 0.356 e. The van der Waals surface area contributed by atoms with Crippen molar-refractivity contribution in [2.24, 2.45) is 0 Å². The van der Waals surface area contributed by atoms with Crippen LogP contribution in [-0.4, -0.2) is 4.93 Å². The second-order valence-corrected chi connectivity index (χ2v) is 35.4. The van der Waals surface area contributed by atoms with E-state index in [2.05, 4.69) is 492 Å². The molecule has 0 unspecified atom stereocenters. The summed E-state index contributed by atoms with van der Waals surface area (Å²) >= 11 is 9.56. The molecule has 126 heavy (non-hydrogen) atoms. The summed E-state index contributed by atoms with van der Waals surface area (Å²) in [5.41, 5.74) is 34.0. The first-order valence-electron chi connectivity index (χ1n) is 42.6. The van der Waals surface area contributed by atoms with Gasteiger partial charge in [-0.1, -0.05) is 422 Å². The van der Waals surface area contributed by atoms with Crippen LogP contribution in [0.3, 0.4) is 0 Å². The predicted molar refractivity (Wildman–Crippen MR) is 553 cm³/mol. The summed E-state index contributed by atoms with van der Waals surface area (Å²) in [6, 6.07) is 164. The Hall–Kier alpha value is -13.8. The minimum absolute atomic E-state index is 0. The van der Waals surface area contributed by atoms with Crippen molar-refractivity contribution in [3.8, 4) is 87.6 Å². The van der Waals surface area contributed by atoms with Gasteiger partial charge in [-0.2, -0.15) is 0 Å². The van der Waals surface area contributed by atoms with Crippen LogP contribution in [0.15, 0.2) is 453 Å². The van der Waals surface area contributed by atoms with Crippen LogP contribution in [-0.2, 0) is 10.8 Å². The number of alkyl halides is 1. The molecule has 0 amide bonds. The minimum Gasteiger partial charge on any atom is -0.356 e. The van der Waals surface area contributed by atoms with Gasteiger partial charge >= 0.3 is 0 Å². The van der Waals surface area contributed by atoms with Gasteiger partial charge in [0, 0.05) is 84.7 Å². The third kappa shape index (κ3) is 12.3. The van der Waals surface area contributed by atoms with E-state index in [1.54, 1.807) is 0 Å². The quantitative estimate of drug-likeness (QED) is 0.0880. The van der Waals surface area contributed by atoms with Crippen molar-refractivity contribution < 1.29 is 0 Å². The number of hydrogen-bond acceptors (Lipinski definition) is 4. The number of benzene rings is 20. The lowest BCUT2D eigenvalue weighted by Gasteiger charge is -2.32. The van der Waals surface area contributed by atoms with E-state index in [1.807, 2.05) is 33.7 Å². The lowest BCUT2D eigenvalue weighted by atomic mass is 9.70. The van der Waals surface area contributed by atoms with Crippen LogP contribution in [0.1, 0.15) is 51.9 Å². The number of thiophene rings is 2. The molecule has 6 heteroatoms. The molecule has 26 rings (SSSR count). The first kappa shape index (κ1) is 78.2. The number of halogens is 2. The summed E-state index contributed by atoms with van der Waals surface area (Å²) < 4.78 is 3.80. The Balaban J connectivity index is 0.000000121. The standard InChI is InChI=1S/C59H37NS.C31H21N.C28H17BrS.CH3I.CH4/c1-3-17-38(18-4-1)55-56-49-26-9-7-21-43(49)44-22-8-10-27-50(44)58(56)61-57(55)39-31-33-41(34-32-39)60(40-19-5-2-6-20-40)42-35-36-48-47-25-13-16-30-53(47)59(54(48)37-42)51-28-14-11-23-45(51)46-24-12-15-29-52(46)59;1-2-10-21(11-3-1)32-22-18-19-26-25-14-6-9-17-29(25)31(30(26)20-22)27-15-7-4-12-23(27)24-13-5-8-16-28(24)31;29-20-16-14-19(15-17-20)27-25(18-8-2-1-3-9-18)26-23-12-6-4-10-21(23)22-11-5-7-13-24(22)28(26)30-27;1-2;/h1-37H;1-20,32H;1-17H;1H3;1H4. The molecule has 1 N–H and O–H groups in total. The molecule has 598 valence electrons. The highest BCUT2D eigenvalue weighted by atomic mass is 127. The fourth-order valence-electron chi connectivity index (χ4n) is 21.1. The molecular weight excluding hydrogens is 1740 g/mol. The van der Waals surface area contributed by atoms with Crippen molar-refractivity contribution in [2.45, 2.75) is 18.3 Å². The zero-order valence-electron chi connectivity index (χ0n) is 68.2. The van der Waals surface area contributed by atoms with Gasteiger partial charge in [0.25, 0.3) is 0 Å². The molecule has 2 spiro atoms. The summed E-state index contributed by atoms with van der Waals surface area (Å²) in [7, 11) is 0. The van der Waals surface area contributed by atoms with Crippen LogP contribution in [0, 0.1) is 0 Å². The van der Waals surface area contributed by atoms with E-state index in [0.717, 1.165) is 32.9 Å². The Kier molecular flexibility index (Phi) is 20.1. The average molecular weight is 1820 g/mol. The summed E-state index contributed by atoms with van der Waals surface area (Å²) in [5, 5.41) is 16.8. The Morgan fingerprint density at radius 2 is 0.524 bits per heavy atom. The van der Waals surface area contributed by atoms with Gasteiger partial charge in [-0.15, -0.1) is 22.7 Å². The van der Waals surface area contributed by atoms with Crippen molar-refractivity contribution in [3.63, 3.8) is 0 Å². The normalized spacial score (nSPS) is 12.6. The summed E-state index contributed by atoms with van der Waals surface area (Å²) in [4.78, 5) is 7.01. The van der Waals surface area contributed by atoms with Gasteiger partial charge in [0.1, 0.15) is 0 Å². The van der Waals surface area contributed by atoms with Crippen molar-refractivity contribution in [2.75, 3.05) is 15.1 Å². The van der Waals surface area contributed by atoms with Crippen LogP contribution >= 0.6 is 61.2 Å². The Morgan fingerprint density at radius 1 is 0.238 bits per heavy atom. The molecule has 0 saturated heterocycles. The number of anilines is 5. The van der Waals surface area contributed by atoms with Gasteiger partial charge in [-0.25, -0.2) is 0 Å². The Bertz CT molecular complexity index is 7850. The van der Waals surface area contributed by atoms with E-state index in [4.69, 9.17) is 0 Å². The van der Waals surface area contributed by atoms with Crippen LogP contribution in [0.2, 0.25) is 0 Å². The molecule has 4 aliphatic rings. The fraction of sp³-hybridized carbons (Fsp3) is 0.0333. The number of nitrogens with zero attached hydrogens (tertiary/aromatic N) is 1. The number of rotatable bonds is 9. The van der Waals surface area contributed by atoms with Crippen molar-refractivity contribution in [1.29, 1.82) is 0 Å². The minimum atomic E-state index is -0.412. The molecule has 20 aromatic carbocycles. The van der Waals surface area contributed by atoms with Crippen LogP contribution in [0.5, 0.6) is 0 Å². The molecule has 4 aliphatic carbocycles. The first-order chi connectivity index (χ1) is 62.0. The number of para-hydroxylation sites is 2. The third-order valence-electron chi connectivity index (χ3n) is 26.1. The van der Waals surface area contributed by atoms with E-state index in [1.165, 1.54) is 195 Å². The van der Waals surface area contributed by atoms with Crippen LogP contribution < -0.4 is 10.2 Å². The zero-order valence-corrected chi connectivity index (χ0v) is 73.6. The lowest BCUT2D eigenvalue weighted by molar-refractivity contribution is 0.793. The van der Waals surface area contributed by atoms with Gasteiger partial charge in [-0.05, 0) is 221 Å². The topological polar surface area (TPSA) is 15.3 Å². The fourth-order valence-corrected chi connectivity index (χ4v) is 24.1. The van der Waals surface area contributed by atoms with E-state index >= 15 is 0 Å². The van der Waals surface area contributed by atoms with Gasteiger partial charge in [0.05, 0.1) is 10.8 Å². The average Bonchev–Trinajstić information content (AvgIpc) is 1.51. The molecule has 0 atom stereocenters. The molecule has 2 aromatic heterocycles. The molecule has 22 aromatic rings. The number of nitrogens with one attached hydrogen (secondary N) is 1. The van der Waals surface area contributed by atoms with E-state index < -0.39 is 5.41 Å². The predicted octanol–water partition coefficient (Wildman–Crippen LogP) is 35.1. The maximum Gasteiger partial charge on any atom is 0.0726 e. The van der Waals surface area contributed by atoms with E-state index in [-0.39, 0.29) is 12.8 Å². The SMILES string of the molecule is Brc1ccc(-c2sc3c4ccccc4c4ccccc4c3c2-c2ccccc2)cc1.C.CI.c1ccc(-c2c(-c3ccc(N(c4ccccc4)c4ccc5c(c4)C4(c6ccccc6-c6ccccc64)c4ccccc4-5)cc3)sc3c4ccccc4c4ccccc4c23)cc1.c1ccc(Nc2ccc3c(c2)C2(c4ccccc4-c4ccccc42)c2ccccc2-3)cc1. The molecule has 0 fully saturated rings. The Morgan fingerprint density at radius 3 is 0.921 bits per heavy atom. The summed E-state index contributed by atoms with van der Waals surface area (Å²) in [6.45, 7) is 0.